The maximum Gasteiger partial charge on any atom is 0.417 e. The molecular weight excluding hydrogens is 466 g/mol. The molecule has 2 amide bonds. The van der Waals surface area contributed by atoms with E-state index in [-0.39, 0.29) is 23.9 Å². The summed E-state index contributed by atoms with van der Waals surface area (Å²) in [5.41, 5.74) is -0.184. The first-order valence-corrected chi connectivity index (χ1v) is 10.5. The molecule has 0 aliphatic carbocycles. The summed E-state index contributed by atoms with van der Waals surface area (Å²) in [6.45, 7) is 1.95. The van der Waals surface area contributed by atoms with Crippen LogP contribution in [0.15, 0.2) is 48.5 Å². The molecule has 1 N–H and O–H groups in total. The van der Waals surface area contributed by atoms with Gasteiger partial charge in [0.15, 0.2) is 0 Å². The molecule has 0 saturated carbocycles. The van der Waals surface area contributed by atoms with Gasteiger partial charge in [0, 0.05) is 32.3 Å². The third-order valence-electron chi connectivity index (χ3n) is 4.91. The molecule has 0 radical (unpaired) electrons. The van der Waals surface area contributed by atoms with Crippen LogP contribution in [0.4, 0.5) is 18.9 Å². The number of rotatable bonds is 5. The predicted molar refractivity (Wildman–Crippen MR) is 119 cm³/mol. The SMILES string of the molecule is O=C(CN1CCN(C(=O)/C=C/c2ccc(Cl)c(C(F)(F)F)c2)CC1)Nc1ccccc1Cl. The van der Waals surface area contributed by atoms with E-state index in [0.717, 1.165) is 12.1 Å². The van der Waals surface area contributed by atoms with Gasteiger partial charge in [-0.05, 0) is 35.9 Å². The third kappa shape index (κ3) is 6.48. The van der Waals surface area contributed by atoms with Crippen LogP contribution in [0.5, 0.6) is 0 Å². The molecule has 0 unspecified atom stereocenters. The zero-order valence-electron chi connectivity index (χ0n) is 16.8. The molecule has 0 atom stereocenters. The second-order valence-corrected chi connectivity index (χ2v) is 8.01. The number of hydrogen-bond donors (Lipinski definition) is 1. The number of benzene rings is 2. The number of carbonyl (C=O) groups excluding carboxylic acids is 2. The lowest BCUT2D eigenvalue weighted by atomic mass is 10.1. The van der Waals surface area contributed by atoms with Crippen molar-refractivity contribution < 1.29 is 22.8 Å². The number of alkyl halides is 3. The van der Waals surface area contributed by atoms with Gasteiger partial charge in [0.1, 0.15) is 0 Å². The van der Waals surface area contributed by atoms with Crippen LogP contribution in [0.2, 0.25) is 10.0 Å². The average Bonchev–Trinajstić information content (AvgIpc) is 2.74. The Morgan fingerprint density at radius 1 is 1.00 bits per heavy atom. The molecule has 0 aromatic heterocycles. The monoisotopic (exact) mass is 485 g/mol. The summed E-state index contributed by atoms with van der Waals surface area (Å²) in [5, 5.41) is 2.81. The standard InChI is InChI=1S/C22H20Cl2F3N3O2/c23-17-7-5-15(13-16(17)22(25,26)27)6-8-21(32)30-11-9-29(10-12-30)14-20(31)28-19-4-2-1-3-18(19)24/h1-8,13H,9-12,14H2,(H,28,31)/b8-6+. The Kier molecular flexibility index (Phi) is 7.82. The summed E-state index contributed by atoms with van der Waals surface area (Å²) in [6, 6.07) is 10.4. The van der Waals surface area contributed by atoms with E-state index in [1.165, 1.54) is 18.2 Å². The van der Waals surface area contributed by atoms with Crippen molar-refractivity contribution in [1.82, 2.24) is 9.80 Å². The van der Waals surface area contributed by atoms with E-state index in [4.69, 9.17) is 23.2 Å². The van der Waals surface area contributed by atoms with E-state index >= 15 is 0 Å². The number of para-hydroxylation sites is 1. The molecule has 32 heavy (non-hydrogen) atoms. The van der Waals surface area contributed by atoms with Crippen LogP contribution in [0.3, 0.4) is 0 Å². The molecule has 1 saturated heterocycles. The topological polar surface area (TPSA) is 52.7 Å². The Labute approximate surface area is 193 Å². The first-order chi connectivity index (χ1) is 15.1. The predicted octanol–water partition coefficient (Wildman–Crippen LogP) is 4.81. The van der Waals surface area contributed by atoms with Crippen LogP contribution in [0.25, 0.3) is 6.08 Å². The van der Waals surface area contributed by atoms with Crippen molar-refractivity contribution in [3.63, 3.8) is 0 Å². The number of hydrogen-bond acceptors (Lipinski definition) is 3. The van der Waals surface area contributed by atoms with E-state index in [0.29, 0.717) is 36.9 Å². The Balaban J connectivity index is 1.50. The summed E-state index contributed by atoms with van der Waals surface area (Å²) in [7, 11) is 0. The molecule has 0 bridgehead atoms. The van der Waals surface area contributed by atoms with Gasteiger partial charge < -0.3 is 10.2 Å². The second-order valence-electron chi connectivity index (χ2n) is 7.20. The lowest BCUT2D eigenvalue weighted by molar-refractivity contribution is -0.137. The zero-order valence-corrected chi connectivity index (χ0v) is 18.3. The van der Waals surface area contributed by atoms with E-state index in [1.54, 1.807) is 29.2 Å². The van der Waals surface area contributed by atoms with Crippen molar-refractivity contribution >= 4 is 46.8 Å². The Bertz CT molecular complexity index is 1020. The lowest BCUT2D eigenvalue weighted by Crippen LogP contribution is -2.50. The van der Waals surface area contributed by atoms with Crippen LogP contribution in [0.1, 0.15) is 11.1 Å². The highest BCUT2D eigenvalue weighted by Crippen LogP contribution is 2.35. The molecular formula is C22H20Cl2F3N3O2. The molecule has 0 spiro atoms. The molecule has 170 valence electrons. The summed E-state index contributed by atoms with van der Waals surface area (Å²) in [5.74, 6) is -0.519. The number of anilines is 1. The molecule has 1 aliphatic heterocycles. The molecule has 1 fully saturated rings. The highest BCUT2D eigenvalue weighted by atomic mass is 35.5. The van der Waals surface area contributed by atoms with Gasteiger partial charge >= 0.3 is 6.18 Å². The van der Waals surface area contributed by atoms with E-state index in [2.05, 4.69) is 5.32 Å². The van der Waals surface area contributed by atoms with Gasteiger partial charge in [0.25, 0.3) is 0 Å². The van der Waals surface area contributed by atoms with Gasteiger partial charge in [-0.2, -0.15) is 13.2 Å². The molecule has 1 heterocycles. The lowest BCUT2D eigenvalue weighted by Gasteiger charge is -2.33. The van der Waals surface area contributed by atoms with Crippen LogP contribution in [-0.2, 0) is 15.8 Å². The minimum atomic E-state index is -4.57. The van der Waals surface area contributed by atoms with Crippen LogP contribution < -0.4 is 5.32 Å². The summed E-state index contributed by atoms with van der Waals surface area (Å²) >= 11 is 11.6. The van der Waals surface area contributed by atoms with Crippen molar-refractivity contribution in [3.05, 3.63) is 69.7 Å². The molecule has 3 rings (SSSR count). The Morgan fingerprint density at radius 3 is 2.34 bits per heavy atom. The first-order valence-electron chi connectivity index (χ1n) is 9.74. The first kappa shape index (κ1) is 24.1. The fraction of sp³-hybridized carbons (Fsp3) is 0.273. The van der Waals surface area contributed by atoms with E-state index < -0.39 is 16.8 Å². The largest absolute Gasteiger partial charge is 0.417 e. The number of amides is 2. The highest BCUT2D eigenvalue weighted by Gasteiger charge is 2.33. The van der Waals surface area contributed by atoms with E-state index in [1.807, 2.05) is 4.90 Å². The maximum atomic E-state index is 13.0. The Hall–Kier alpha value is -2.55. The van der Waals surface area contributed by atoms with Gasteiger partial charge in [-0.3, -0.25) is 14.5 Å². The minimum absolute atomic E-state index is 0.161. The molecule has 10 heteroatoms. The van der Waals surface area contributed by atoms with Gasteiger partial charge in [-0.15, -0.1) is 0 Å². The van der Waals surface area contributed by atoms with Crippen LogP contribution in [0, 0.1) is 0 Å². The van der Waals surface area contributed by atoms with Gasteiger partial charge in [-0.25, -0.2) is 0 Å². The number of nitrogens with one attached hydrogen (secondary N) is 1. The summed E-state index contributed by atoms with van der Waals surface area (Å²) in [6.07, 6.45) is -2.00. The Morgan fingerprint density at radius 2 is 1.69 bits per heavy atom. The minimum Gasteiger partial charge on any atom is -0.337 e. The summed E-state index contributed by atoms with van der Waals surface area (Å²) in [4.78, 5) is 28.1. The number of piperazine rings is 1. The molecule has 5 nitrogen and oxygen atoms in total. The zero-order chi connectivity index (χ0) is 23.3. The van der Waals surface area contributed by atoms with Crippen molar-refractivity contribution in [2.45, 2.75) is 6.18 Å². The molecule has 2 aromatic carbocycles. The normalized spacial score (nSPS) is 15.2. The maximum absolute atomic E-state index is 13.0. The number of nitrogens with zero attached hydrogens (tertiary/aromatic N) is 2. The number of carbonyl (C=O) groups is 2. The quantitative estimate of drug-likeness (QED) is 0.618. The second kappa shape index (κ2) is 10.4. The van der Waals surface area contributed by atoms with Gasteiger partial charge in [0.05, 0.1) is 27.8 Å². The van der Waals surface area contributed by atoms with Crippen LogP contribution in [-0.4, -0.2) is 54.3 Å². The number of halogens is 5. The van der Waals surface area contributed by atoms with Gasteiger partial charge in [0.2, 0.25) is 11.8 Å². The molecule has 1 aliphatic rings. The third-order valence-corrected chi connectivity index (χ3v) is 5.57. The average molecular weight is 486 g/mol. The van der Waals surface area contributed by atoms with Gasteiger partial charge in [-0.1, -0.05) is 41.4 Å². The fourth-order valence-corrected chi connectivity index (χ4v) is 3.63. The summed E-state index contributed by atoms with van der Waals surface area (Å²) < 4.78 is 38.9. The van der Waals surface area contributed by atoms with Crippen molar-refractivity contribution in [1.29, 1.82) is 0 Å². The van der Waals surface area contributed by atoms with E-state index in [9.17, 15) is 22.8 Å². The smallest absolute Gasteiger partial charge is 0.337 e. The van der Waals surface area contributed by atoms with Crippen molar-refractivity contribution in [3.8, 4) is 0 Å². The van der Waals surface area contributed by atoms with Crippen molar-refractivity contribution in [2.24, 2.45) is 0 Å². The fourth-order valence-electron chi connectivity index (χ4n) is 3.22. The van der Waals surface area contributed by atoms with Crippen molar-refractivity contribution in [2.75, 3.05) is 38.0 Å². The molecule has 2 aromatic rings. The van der Waals surface area contributed by atoms with Crippen LogP contribution >= 0.6 is 23.2 Å². The highest BCUT2D eigenvalue weighted by molar-refractivity contribution is 6.33.